The molecule has 0 aliphatic rings. The van der Waals surface area contributed by atoms with Gasteiger partial charge in [0.1, 0.15) is 23.8 Å². The monoisotopic (exact) mass is 513 g/mol. The van der Waals surface area contributed by atoms with Gasteiger partial charge in [-0.05, 0) is 63.1 Å². The summed E-state index contributed by atoms with van der Waals surface area (Å²) in [5, 5.41) is 9.59. The predicted octanol–water partition coefficient (Wildman–Crippen LogP) is 5.62. The van der Waals surface area contributed by atoms with Crippen LogP contribution in [-0.2, 0) is 9.53 Å². The molecule has 0 aliphatic carbocycles. The second-order valence-electron chi connectivity index (χ2n) is 8.95. The van der Waals surface area contributed by atoms with Crippen LogP contribution in [-0.4, -0.2) is 33.6 Å². The Hall–Kier alpha value is -3.20. The summed E-state index contributed by atoms with van der Waals surface area (Å²) in [6.07, 6.45) is 0.851. The van der Waals surface area contributed by atoms with Gasteiger partial charge in [-0.2, -0.15) is 0 Å². The number of aromatic nitrogens is 2. The van der Waals surface area contributed by atoms with Gasteiger partial charge in [0, 0.05) is 21.2 Å². The number of hydrogen-bond acceptors (Lipinski definition) is 6. The average molecular weight is 514 g/mol. The van der Waals surface area contributed by atoms with Crippen molar-refractivity contribution in [2.75, 3.05) is 10.6 Å². The first kappa shape index (κ1) is 24.4. The summed E-state index contributed by atoms with van der Waals surface area (Å²) >= 11 is 3.46. The number of fused-ring (bicyclic) bond motifs is 1. The van der Waals surface area contributed by atoms with Crippen LogP contribution in [0, 0.1) is 5.92 Å². The molecule has 0 saturated carbocycles. The van der Waals surface area contributed by atoms with Crippen molar-refractivity contribution in [3.8, 4) is 0 Å². The molecule has 0 spiro atoms. The summed E-state index contributed by atoms with van der Waals surface area (Å²) in [7, 11) is 0. The Morgan fingerprint density at radius 2 is 1.79 bits per heavy atom. The van der Waals surface area contributed by atoms with Crippen molar-refractivity contribution in [2.45, 2.75) is 46.3 Å². The van der Waals surface area contributed by atoms with Crippen molar-refractivity contribution < 1.29 is 14.3 Å². The number of anilines is 3. The Kier molecular flexibility index (Phi) is 7.53. The predicted molar refractivity (Wildman–Crippen MR) is 134 cm³/mol. The van der Waals surface area contributed by atoms with Gasteiger partial charge in [-0.3, -0.25) is 4.79 Å². The highest BCUT2D eigenvalue weighted by Crippen LogP contribution is 2.27. The normalized spacial score (nSPS) is 12.3. The average Bonchev–Trinajstić information content (AvgIpc) is 2.71. The third kappa shape index (κ3) is 6.89. The summed E-state index contributed by atoms with van der Waals surface area (Å²) in [5.74, 6) is 0.130. The highest BCUT2D eigenvalue weighted by atomic mass is 79.9. The molecule has 2 aromatic carbocycles. The van der Waals surface area contributed by atoms with Crippen LogP contribution < -0.4 is 16.0 Å². The quantitative estimate of drug-likeness (QED) is 0.394. The first-order valence-electron chi connectivity index (χ1n) is 10.6. The lowest BCUT2D eigenvalue weighted by molar-refractivity contribution is -0.119. The number of alkyl carbamates (subject to hydrolysis) is 1. The Morgan fingerprint density at radius 3 is 2.45 bits per heavy atom. The molecule has 0 radical (unpaired) electrons. The van der Waals surface area contributed by atoms with Crippen molar-refractivity contribution in [3.05, 3.63) is 53.3 Å². The molecule has 0 aliphatic heterocycles. The van der Waals surface area contributed by atoms with Gasteiger partial charge >= 0.3 is 6.09 Å². The molecule has 1 aromatic heterocycles. The van der Waals surface area contributed by atoms with Crippen molar-refractivity contribution in [2.24, 2.45) is 5.92 Å². The summed E-state index contributed by atoms with van der Waals surface area (Å²) in [4.78, 5) is 33.9. The zero-order valence-electron chi connectivity index (χ0n) is 19.3. The molecule has 1 heterocycles. The Balaban J connectivity index is 1.81. The number of ether oxygens (including phenoxy) is 1. The van der Waals surface area contributed by atoms with Gasteiger partial charge in [0.2, 0.25) is 5.91 Å². The number of amides is 2. The lowest BCUT2D eigenvalue weighted by atomic mass is 10.0. The fourth-order valence-electron chi connectivity index (χ4n) is 3.13. The van der Waals surface area contributed by atoms with Crippen molar-refractivity contribution >= 4 is 56.0 Å². The fourth-order valence-corrected chi connectivity index (χ4v) is 3.53. The maximum Gasteiger partial charge on any atom is 0.408 e. The molecule has 2 amide bonds. The summed E-state index contributed by atoms with van der Waals surface area (Å²) < 4.78 is 6.24. The van der Waals surface area contributed by atoms with Crippen LogP contribution in [0.25, 0.3) is 10.9 Å². The molecule has 3 rings (SSSR count). The van der Waals surface area contributed by atoms with E-state index in [0.717, 1.165) is 21.1 Å². The highest BCUT2D eigenvalue weighted by Gasteiger charge is 2.27. The zero-order chi connectivity index (χ0) is 24.2. The van der Waals surface area contributed by atoms with E-state index in [1.54, 1.807) is 32.9 Å². The van der Waals surface area contributed by atoms with E-state index in [4.69, 9.17) is 4.74 Å². The van der Waals surface area contributed by atoms with Crippen LogP contribution >= 0.6 is 15.9 Å². The largest absolute Gasteiger partial charge is 0.444 e. The number of carbonyl (C=O) groups is 2. The number of carbonyl (C=O) groups excluding carboxylic acids is 2. The van der Waals surface area contributed by atoms with E-state index in [1.807, 2.05) is 44.2 Å². The number of hydrogen-bond donors (Lipinski definition) is 3. The molecule has 0 unspecified atom stereocenters. The smallest absolute Gasteiger partial charge is 0.408 e. The highest BCUT2D eigenvalue weighted by molar-refractivity contribution is 9.10. The Bertz CT molecular complexity index is 1160. The van der Waals surface area contributed by atoms with Gasteiger partial charge < -0.3 is 20.7 Å². The third-order valence-electron chi connectivity index (χ3n) is 4.61. The lowest BCUT2D eigenvalue weighted by Gasteiger charge is -2.25. The minimum atomic E-state index is -0.762. The van der Waals surface area contributed by atoms with E-state index in [9.17, 15) is 9.59 Å². The molecule has 1 atom stereocenters. The van der Waals surface area contributed by atoms with Crippen molar-refractivity contribution in [1.29, 1.82) is 0 Å². The zero-order valence-corrected chi connectivity index (χ0v) is 20.9. The number of nitrogens with zero attached hydrogens (tertiary/aromatic N) is 2. The number of halogens is 1. The fraction of sp³-hybridized carbons (Fsp3) is 0.333. The van der Waals surface area contributed by atoms with Crippen LogP contribution in [0.1, 0.15) is 34.6 Å². The first-order chi connectivity index (χ1) is 15.5. The van der Waals surface area contributed by atoms with Crippen LogP contribution in [0.4, 0.5) is 22.0 Å². The van der Waals surface area contributed by atoms with E-state index in [1.165, 1.54) is 6.33 Å². The van der Waals surface area contributed by atoms with Crippen molar-refractivity contribution in [1.82, 2.24) is 15.3 Å². The van der Waals surface area contributed by atoms with Crippen LogP contribution in [0.2, 0.25) is 0 Å². The molecule has 0 saturated heterocycles. The van der Waals surface area contributed by atoms with E-state index in [-0.39, 0.29) is 11.8 Å². The van der Waals surface area contributed by atoms with Crippen LogP contribution in [0.5, 0.6) is 0 Å². The Labute approximate surface area is 201 Å². The molecular weight excluding hydrogens is 486 g/mol. The summed E-state index contributed by atoms with van der Waals surface area (Å²) in [6, 6.07) is 12.3. The van der Waals surface area contributed by atoms with Crippen LogP contribution in [0.3, 0.4) is 0 Å². The van der Waals surface area contributed by atoms with Crippen molar-refractivity contribution in [3.63, 3.8) is 0 Å². The Morgan fingerprint density at radius 1 is 1.03 bits per heavy atom. The SMILES string of the molecule is CC(C)[C@@H](NC(=O)OC(C)(C)C)C(=O)Nc1ccc2ncnc(Nc3cccc(Br)c3)c2c1. The van der Waals surface area contributed by atoms with Gasteiger partial charge in [-0.1, -0.05) is 35.8 Å². The molecule has 33 heavy (non-hydrogen) atoms. The van der Waals surface area contributed by atoms with Gasteiger partial charge in [0.25, 0.3) is 0 Å². The molecular formula is C24H28BrN5O3. The molecule has 3 N–H and O–H groups in total. The lowest BCUT2D eigenvalue weighted by Crippen LogP contribution is -2.48. The number of benzene rings is 2. The van der Waals surface area contributed by atoms with Gasteiger partial charge in [0.15, 0.2) is 0 Å². The third-order valence-corrected chi connectivity index (χ3v) is 5.10. The summed E-state index contributed by atoms with van der Waals surface area (Å²) in [6.45, 7) is 9.03. The molecule has 0 bridgehead atoms. The number of nitrogens with one attached hydrogen (secondary N) is 3. The molecule has 9 heteroatoms. The van der Waals surface area contributed by atoms with E-state index in [0.29, 0.717) is 11.5 Å². The van der Waals surface area contributed by atoms with E-state index < -0.39 is 17.7 Å². The molecule has 0 fully saturated rings. The van der Waals surface area contributed by atoms with Gasteiger partial charge in [-0.15, -0.1) is 0 Å². The second kappa shape index (κ2) is 10.2. The molecule has 3 aromatic rings. The topological polar surface area (TPSA) is 105 Å². The maximum atomic E-state index is 13.0. The van der Waals surface area contributed by atoms with Gasteiger partial charge in [0.05, 0.1) is 5.52 Å². The van der Waals surface area contributed by atoms with Gasteiger partial charge in [-0.25, -0.2) is 14.8 Å². The number of rotatable bonds is 6. The maximum absolute atomic E-state index is 13.0. The summed E-state index contributed by atoms with van der Waals surface area (Å²) in [5.41, 5.74) is 1.50. The minimum Gasteiger partial charge on any atom is -0.444 e. The minimum absolute atomic E-state index is 0.143. The van der Waals surface area contributed by atoms with Crippen LogP contribution in [0.15, 0.2) is 53.3 Å². The van der Waals surface area contributed by atoms with E-state index in [2.05, 4.69) is 41.8 Å². The molecule has 8 nitrogen and oxygen atoms in total. The second-order valence-corrected chi connectivity index (χ2v) is 9.86. The molecule has 174 valence electrons. The van der Waals surface area contributed by atoms with E-state index >= 15 is 0 Å². The first-order valence-corrected chi connectivity index (χ1v) is 11.4. The standard InChI is InChI=1S/C24H28BrN5O3/c1-14(2)20(30-23(32)33-24(3,4)5)22(31)29-17-9-10-19-18(12-17)21(27-13-26-19)28-16-8-6-7-15(25)11-16/h6-14,20H,1-5H3,(H,29,31)(H,30,32)(H,26,27,28)/t20-/m1/s1.